The van der Waals surface area contributed by atoms with Crippen LogP contribution in [0.5, 0.6) is 5.75 Å². The number of carbonyl (C=O) groups is 2. The average molecular weight is 478 g/mol. The van der Waals surface area contributed by atoms with E-state index < -0.39 is 0 Å². The fourth-order valence-electron chi connectivity index (χ4n) is 4.69. The maximum Gasteiger partial charge on any atom is 0.337 e. The standard InChI is InChI=1S/C25H20BrNO4/c1-30-17-7-3-14(4-8-17)13-27-23-20-11-15(25(29)31-2)5-9-18(20)22(24(27)28)19-10-6-16(26)12-21(19)23/h3-12,22-23H,13H2,1-2H3. The van der Waals surface area contributed by atoms with Gasteiger partial charge in [0.05, 0.1) is 31.7 Å². The zero-order valence-corrected chi connectivity index (χ0v) is 18.7. The summed E-state index contributed by atoms with van der Waals surface area (Å²) in [6.07, 6.45) is 0. The third-order valence-electron chi connectivity index (χ3n) is 6.12. The first-order valence-corrected chi connectivity index (χ1v) is 10.8. The molecule has 1 aliphatic carbocycles. The number of hydrogen-bond donors (Lipinski definition) is 0. The number of amides is 1. The minimum absolute atomic E-state index is 0.0777. The van der Waals surface area contributed by atoms with Gasteiger partial charge in [0.15, 0.2) is 0 Å². The molecule has 31 heavy (non-hydrogen) atoms. The highest BCUT2D eigenvalue weighted by atomic mass is 79.9. The fourth-order valence-corrected chi connectivity index (χ4v) is 5.07. The second kappa shape index (κ2) is 7.54. The van der Waals surface area contributed by atoms with Gasteiger partial charge >= 0.3 is 5.97 Å². The van der Waals surface area contributed by atoms with Crippen LogP contribution in [-0.2, 0) is 16.1 Å². The van der Waals surface area contributed by atoms with Crippen molar-refractivity contribution in [3.63, 3.8) is 0 Å². The molecule has 156 valence electrons. The molecule has 3 aliphatic rings. The summed E-state index contributed by atoms with van der Waals surface area (Å²) in [5.74, 6) is 0.0892. The van der Waals surface area contributed by atoms with Crippen LogP contribution < -0.4 is 4.74 Å². The van der Waals surface area contributed by atoms with E-state index in [9.17, 15) is 9.59 Å². The van der Waals surface area contributed by atoms with Gasteiger partial charge in [-0.2, -0.15) is 0 Å². The Bertz CT molecular complexity index is 1200. The summed E-state index contributed by atoms with van der Waals surface area (Å²) < 4.78 is 11.1. The van der Waals surface area contributed by atoms with Crippen molar-refractivity contribution in [1.82, 2.24) is 4.90 Å². The molecule has 0 radical (unpaired) electrons. The van der Waals surface area contributed by atoms with Crippen LogP contribution in [0.25, 0.3) is 0 Å². The Balaban J connectivity index is 1.64. The van der Waals surface area contributed by atoms with Crippen LogP contribution in [-0.4, -0.2) is 31.0 Å². The van der Waals surface area contributed by atoms with Gasteiger partial charge < -0.3 is 14.4 Å². The second-order valence-electron chi connectivity index (χ2n) is 7.76. The van der Waals surface area contributed by atoms with Gasteiger partial charge in [-0.1, -0.05) is 40.2 Å². The molecule has 3 aromatic carbocycles. The second-order valence-corrected chi connectivity index (χ2v) is 8.67. The zero-order chi connectivity index (χ0) is 21.7. The summed E-state index contributed by atoms with van der Waals surface area (Å²) in [6.45, 7) is 0.470. The number of benzene rings is 3. The Morgan fingerprint density at radius 1 is 0.935 bits per heavy atom. The van der Waals surface area contributed by atoms with E-state index in [-0.39, 0.29) is 23.8 Å². The lowest BCUT2D eigenvalue weighted by Gasteiger charge is -2.47. The molecule has 3 aromatic rings. The normalized spacial score (nSPS) is 18.4. The van der Waals surface area contributed by atoms with Crippen LogP contribution in [0.1, 0.15) is 50.1 Å². The van der Waals surface area contributed by atoms with E-state index in [1.807, 2.05) is 53.4 Å². The minimum Gasteiger partial charge on any atom is -0.497 e. The van der Waals surface area contributed by atoms with Crippen LogP contribution >= 0.6 is 15.9 Å². The predicted molar refractivity (Wildman–Crippen MR) is 119 cm³/mol. The van der Waals surface area contributed by atoms with Gasteiger partial charge in [0, 0.05) is 11.0 Å². The molecular formula is C25H20BrNO4. The number of carbonyl (C=O) groups excluding carboxylic acids is 2. The van der Waals surface area contributed by atoms with Crippen LogP contribution in [0.15, 0.2) is 65.1 Å². The number of methoxy groups -OCH3 is 2. The van der Waals surface area contributed by atoms with E-state index in [1.54, 1.807) is 13.2 Å². The molecule has 0 saturated carbocycles. The van der Waals surface area contributed by atoms with Crippen molar-refractivity contribution in [2.45, 2.75) is 18.5 Å². The lowest BCUT2D eigenvalue weighted by atomic mass is 9.70. The smallest absolute Gasteiger partial charge is 0.337 e. The molecule has 0 fully saturated rings. The first-order valence-electron chi connectivity index (χ1n) is 9.96. The minimum atomic E-state index is -0.383. The zero-order valence-electron chi connectivity index (χ0n) is 17.1. The number of fused-ring (bicyclic) bond motifs is 1. The van der Waals surface area contributed by atoms with Crippen molar-refractivity contribution >= 4 is 27.8 Å². The van der Waals surface area contributed by atoms with E-state index in [0.29, 0.717) is 12.1 Å². The number of nitrogens with zero attached hydrogens (tertiary/aromatic N) is 1. The molecule has 1 amide bonds. The lowest BCUT2D eigenvalue weighted by molar-refractivity contribution is -0.136. The first-order chi connectivity index (χ1) is 15.0. The Morgan fingerprint density at radius 3 is 2.29 bits per heavy atom. The Labute approximate surface area is 188 Å². The SMILES string of the molecule is COC(=O)c1ccc2c(c1)C1c3cc(Br)ccc3C2C(=O)N1Cc1ccc(OC)cc1. The molecule has 2 unspecified atom stereocenters. The molecule has 5 nitrogen and oxygen atoms in total. The van der Waals surface area contributed by atoms with E-state index >= 15 is 0 Å². The van der Waals surface area contributed by atoms with Crippen LogP contribution in [0.4, 0.5) is 0 Å². The maximum atomic E-state index is 13.6. The van der Waals surface area contributed by atoms with Gasteiger partial charge in [-0.25, -0.2) is 4.79 Å². The summed E-state index contributed by atoms with van der Waals surface area (Å²) >= 11 is 3.58. The Kier molecular flexibility index (Phi) is 4.82. The van der Waals surface area contributed by atoms with E-state index in [4.69, 9.17) is 9.47 Å². The molecule has 0 saturated heterocycles. The molecule has 2 atom stereocenters. The van der Waals surface area contributed by atoms with Crippen LogP contribution in [0.3, 0.4) is 0 Å². The van der Waals surface area contributed by atoms with Crippen molar-refractivity contribution < 1.29 is 19.1 Å². The van der Waals surface area contributed by atoms with Gasteiger partial charge in [0.1, 0.15) is 5.75 Å². The fraction of sp³-hybridized carbons (Fsp3) is 0.200. The third-order valence-corrected chi connectivity index (χ3v) is 6.61. The summed E-state index contributed by atoms with van der Waals surface area (Å²) in [5.41, 5.74) is 5.56. The molecule has 0 N–H and O–H groups in total. The van der Waals surface area contributed by atoms with Gasteiger partial charge in [-0.15, -0.1) is 0 Å². The van der Waals surface area contributed by atoms with Crippen LogP contribution in [0, 0.1) is 0 Å². The monoisotopic (exact) mass is 477 g/mol. The first kappa shape index (κ1) is 19.8. The van der Waals surface area contributed by atoms with Crippen molar-refractivity contribution in [2.24, 2.45) is 0 Å². The summed E-state index contributed by atoms with van der Waals surface area (Å²) in [6, 6.07) is 19.1. The van der Waals surface area contributed by atoms with Crippen LogP contribution in [0.2, 0.25) is 0 Å². The molecule has 2 bridgehead atoms. The lowest BCUT2D eigenvalue weighted by Crippen LogP contribution is -2.47. The van der Waals surface area contributed by atoms with Gasteiger partial charge in [0.25, 0.3) is 0 Å². The van der Waals surface area contributed by atoms with Crippen molar-refractivity contribution in [3.05, 3.63) is 98.5 Å². The average Bonchev–Trinajstić information content (AvgIpc) is 2.80. The topological polar surface area (TPSA) is 55.8 Å². The number of esters is 1. The van der Waals surface area contributed by atoms with E-state index in [2.05, 4.69) is 22.0 Å². The van der Waals surface area contributed by atoms with Crippen molar-refractivity contribution in [2.75, 3.05) is 14.2 Å². The molecule has 0 spiro atoms. The van der Waals surface area contributed by atoms with Crippen molar-refractivity contribution in [3.8, 4) is 5.75 Å². The Hall–Kier alpha value is -3.12. The molecule has 6 heteroatoms. The van der Waals surface area contributed by atoms with Gasteiger partial charge in [-0.05, 0) is 64.2 Å². The maximum absolute atomic E-state index is 13.6. The summed E-state index contributed by atoms with van der Waals surface area (Å²) in [7, 11) is 3.01. The quantitative estimate of drug-likeness (QED) is 0.505. The number of ether oxygens (including phenoxy) is 2. The van der Waals surface area contributed by atoms with Gasteiger partial charge in [-0.3, -0.25) is 4.79 Å². The third kappa shape index (κ3) is 3.13. The molecule has 2 heterocycles. The van der Waals surface area contributed by atoms with Gasteiger partial charge in [0.2, 0.25) is 5.91 Å². The molecule has 6 rings (SSSR count). The molecule has 2 aliphatic heterocycles. The molecular weight excluding hydrogens is 458 g/mol. The van der Waals surface area contributed by atoms with E-state index in [0.717, 1.165) is 38.0 Å². The highest BCUT2D eigenvalue weighted by Gasteiger charge is 2.47. The highest BCUT2D eigenvalue weighted by molar-refractivity contribution is 9.10. The molecule has 0 aromatic heterocycles. The summed E-state index contributed by atoms with van der Waals surface area (Å²) in [5, 5.41) is 0. The largest absolute Gasteiger partial charge is 0.497 e. The number of hydrogen-bond acceptors (Lipinski definition) is 4. The van der Waals surface area contributed by atoms with Crippen molar-refractivity contribution in [1.29, 1.82) is 0 Å². The highest BCUT2D eigenvalue weighted by Crippen LogP contribution is 2.52. The number of rotatable bonds is 4. The Morgan fingerprint density at radius 2 is 1.61 bits per heavy atom. The summed E-state index contributed by atoms with van der Waals surface area (Å²) in [4.78, 5) is 27.7. The number of halogens is 1. The van der Waals surface area contributed by atoms with E-state index in [1.165, 1.54) is 7.11 Å². The predicted octanol–water partition coefficient (Wildman–Crippen LogP) is 4.82.